The highest BCUT2D eigenvalue weighted by atomic mass is 16.5. The third-order valence-corrected chi connectivity index (χ3v) is 8.08. The quantitative estimate of drug-likeness (QED) is 0.551. The highest BCUT2D eigenvalue weighted by molar-refractivity contribution is 5.87. The fourth-order valence-corrected chi connectivity index (χ4v) is 5.68. The summed E-state index contributed by atoms with van der Waals surface area (Å²) in [4.78, 5) is 31.3. The Balaban J connectivity index is 1.31. The summed E-state index contributed by atoms with van der Waals surface area (Å²) in [6.07, 6.45) is 8.24. The van der Waals surface area contributed by atoms with Gasteiger partial charge in [-0.05, 0) is 58.4 Å². The van der Waals surface area contributed by atoms with Crippen LogP contribution in [-0.4, -0.2) is 101 Å². The van der Waals surface area contributed by atoms with Crippen molar-refractivity contribution in [3.8, 4) is 5.88 Å². The van der Waals surface area contributed by atoms with Crippen LogP contribution in [0.3, 0.4) is 0 Å². The summed E-state index contributed by atoms with van der Waals surface area (Å²) in [5.41, 5.74) is 1.92. The first-order valence-corrected chi connectivity index (χ1v) is 13.6. The van der Waals surface area contributed by atoms with Gasteiger partial charge < -0.3 is 29.7 Å². The van der Waals surface area contributed by atoms with Gasteiger partial charge in [0.25, 0.3) is 0 Å². The van der Waals surface area contributed by atoms with Gasteiger partial charge in [0.2, 0.25) is 17.7 Å². The van der Waals surface area contributed by atoms with E-state index in [2.05, 4.69) is 22.2 Å². The van der Waals surface area contributed by atoms with E-state index in [1.807, 2.05) is 18.0 Å². The van der Waals surface area contributed by atoms with E-state index in [1.54, 1.807) is 13.3 Å². The molecule has 0 spiro atoms. The standard InChI is InChI=1S/C27H40N6O4/c1-17(16-36-3)30-27-29-15-23-24(31-27)22(18-4-6-20(34)7-5-18)14-28-25(23)37-21-12-19(13-21)26(35)33-10-8-32(2)9-11-33/h14-15,17-21,34H,4-13,16H2,1-3H3,(H,29,30,31)/t17-,18?,19?,20?,21?/m0/s1. The second-order valence-corrected chi connectivity index (χ2v) is 11.0. The fourth-order valence-electron chi connectivity index (χ4n) is 5.68. The number of amides is 1. The maximum Gasteiger partial charge on any atom is 0.226 e. The Labute approximate surface area is 218 Å². The number of anilines is 1. The van der Waals surface area contributed by atoms with Gasteiger partial charge in [0.05, 0.1) is 23.6 Å². The van der Waals surface area contributed by atoms with Crippen molar-refractivity contribution in [1.29, 1.82) is 0 Å². The molecule has 1 atom stereocenters. The molecule has 10 heteroatoms. The number of nitrogens with one attached hydrogen (secondary N) is 1. The van der Waals surface area contributed by atoms with E-state index < -0.39 is 0 Å². The lowest BCUT2D eigenvalue weighted by atomic mass is 9.81. The van der Waals surface area contributed by atoms with Gasteiger partial charge in [0, 0.05) is 63.2 Å². The molecule has 2 aromatic rings. The maximum absolute atomic E-state index is 12.9. The van der Waals surface area contributed by atoms with Crippen LogP contribution >= 0.6 is 0 Å². The second-order valence-electron chi connectivity index (χ2n) is 11.0. The molecule has 3 fully saturated rings. The lowest BCUT2D eigenvalue weighted by Crippen LogP contribution is -2.52. The second kappa shape index (κ2) is 11.4. The monoisotopic (exact) mass is 512 g/mol. The molecule has 202 valence electrons. The normalized spacial score (nSPS) is 27.5. The minimum Gasteiger partial charge on any atom is -0.474 e. The predicted octanol–water partition coefficient (Wildman–Crippen LogP) is 2.42. The van der Waals surface area contributed by atoms with Crippen LogP contribution in [-0.2, 0) is 9.53 Å². The number of carbonyl (C=O) groups is 1. The fraction of sp³-hybridized carbons (Fsp3) is 0.704. The Hall–Kier alpha value is -2.56. The molecule has 0 radical (unpaired) electrons. The van der Waals surface area contributed by atoms with E-state index >= 15 is 0 Å². The summed E-state index contributed by atoms with van der Waals surface area (Å²) < 4.78 is 11.6. The van der Waals surface area contributed by atoms with Crippen molar-refractivity contribution in [2.45, 2.75) is 69.6 Å². The van der Waals surface area contributed by atoms with Crippen molar-refractivity contribution in [2.24, 2.45) is 5.92 Å². The molecule has 2 aromatic heterocycles. The molecule has 2 N–H and O–H groups in total. The highest BCUT2D eigenvalue weighted by Crippen LogP contribution is 2.39. The average molecular weight is 513 g/mol. The lowest BCUT2D eigenvalue weighted by molar-refractivity contribution is -0.143. The number of hydrogen-bond acceptors (Lipinski definition) is 9. The molecule has 1 aliphatic heterocycles. The van der Waals surface area contributed by atoms with E-state index in [-0.39, 0.29) is 30.1 Å². The average Bonchev–Trinajstić information content (AvgIpc) is 2.86. The van der Waals surface area contributed by atoms with Crippen molar-refractivity contribution in [3.05, 3.63) is 18.0 Å². The van der Waals surface area contributed by atoms with Gasteiger partial charge in [-0.15, -0.1) is 0 Å². The largest absolute Gasteiger partial charge is 0.474 e. The first-order chi connectivity index (χ1) is 17.9. The number of carbonyl (C=O) groups excluding carboxylic acids is 1. The molecular weight excluding hydrogens is 472 g/mol. The van der Waals surface area contributed by atoms with E-state index in [9.17, 15) is 9.90 Å². The zero-order chi connectivity index (χ0) is 25.9. The summed E-state index contributed by atoms with van der Waals surface area (Å²) in [5.74, 6) is 1.65. The van der Waals surface area contributed by atoms with Crippen molar-refractivity contribution in [2.75, 3.05) is 52.3 Å². The smallest absolute Gasteiger partial charge is 0.226 e. The molecule has 3 aliphatic rings. The molecule has 5 rings (SSSR count). The van der Waals surface area contributed by atoms with Crippen LogP contribution in [0.5, 0.6) is 5.88 Å². The molecule has 0 aromatic carbocycles. The molecule has 37 heavy (non-hydrogen) atoms. The molecule has 0 unspecified atom stereocenters. The zero-order valence-corrected chi connectivity index (χ0v) is 22.2. The minimum absolute atomic E-state index is 0.0296. The van der Waals surface area contributed by atoms with E-state index in [4.69, 9.17) is 19.4 Å². The number of nitrogens with zero attached hydrogens (tertiary/aromatic N) is 5. The van der Waals surface area contributed by atoms with Crippen molar-refractivity contribution in [1.82, 2.24) is 24.8 Å². The van der Waals surface area contributed by atoms with Gasteiger partial charge >= 0.3 is 0 Å². The third-order valence-electron chi connectivity index (χ3n) is 8.08. The molecule has 0 bridgehead atoms. The summed E-state index contributed by atoms with van der Waals surface area (Å²) in [7, 11) is 3.77. The number of fused-ring (bicyclic) bond motifs is 1. The van der Waals surface area contributed by atoms with Crippen LogP contribution in [0.4, 0.5) is 5.95 Å². The van der Waals surface area contributed by atoms with Crippen molar-refractivity contribution in [3.63, 3.8) is 0 Å². The summed E-state index contributed by atoms with van der Waals surface area (Å²) in [6.45, 7) is 6.05. The van der Waals surface area contributed by atoms with Gasteiger partial charge in [0.1, 0.15) is 6.10 Å². The Morgan fingerprint density at radius 2 is 1.86 bits per heavy atom. The molecule has 3 heterocycles. The minimum atomic E-state index is -0.222. The van der Waals surface area contributed by atoms with Crippen LogP contribution in [0.1, 0.15) is 56.9 Å². The van der Waals surface area contributed by atoms with Crippen LogP contribution in [0.2, 0.25) is 0 Å². The van der Waals surface area contributed by atoms with Crippen LogP contribution in [0.15, 0.2) is 12.4 Å². The van der Waals surface area contributed by atoms with Gasteiger partial charge in [-0.3, -0.25) is 4.79 Å². The van der Waals surface area contributed by atoms with Crippen molar-refractivity contribution < 1.29 is 19.4 Å². The first-order valence-electron chi connectivity index (χ1n) is 13.6. The summed E-state index contributed by atoms with van der Waals surface area (Å²) in [6, 6.07) is 0.0676. The molecule has 2 saturated carbocycles. The molecule has 2 aliphatic carbocycles. The number of aliphatic hydroxyl groups excluding tert-OH is 1. The number of likely N-dealkylation sites (N-methyl/N-ethyl adjacent to an activating group) is 1. The molecule has 10 nitrogen and oxygen atoms in total. The number of methoxy groups -OCH3 is 1. The Morgan fingerprint density at radius 1 is 1.14 bits per heavy atom. The van der Waals surface area contributed by atoms with Gasteiger partial charge in [-0.2, -0.15) is 0 Å². The number of piperazine rings is 1. The number of rotatable bonds is 8. The molecule has 1 amide bonds. The number of ether oxygens (including phenoxy) is 2. The van der Waals surface area contributed by atoms with Crippen molar-refractivity contribution >= 4 is 22.8 Å². The van der Waals surface area contributed by atoms with E-state index in [0.29, 0.717) is 37.2 Å². The topological polar surface area (TPSA) is 113 Å². The Morgan fingerprint density at radius 3 is 2.57 bits per heavy atom. The number of aliphatic hydroxyl groups is 1. The maximum atomic E-state index is 12.9. The summed E-state index contributed by atoms with van der Waals surface area (Å²) in [5, 5.41) is 14.1. The lowest BCUT2D eigenvalue weighted by Gasteiger charge is -2.40. The third kappa shape index (κ3) is 5.97. The predicted molar refractivity (Wildman–Crippen MR) is 141 cm³/mol. The van der Waals surface area contributed by atoms with Gasteiger partial charge in [0.15, 0.2) is 0 Å². The van der Waals surface area contributed by atoms with Gasteiger partial charge in [-0.25, -0.2) is 15.0 Å². The molecular formula is C27H40N6O4. The number of hydrogen-bond donors (Lipinski definition) is 2. The SMILES string of the molecule is COC[C@H](C)Nc1ncc2c(OC3CC(C(=O)N4CCN(C)CC4)C3)ncc(C3CCC(O)CC3)c2n1. The first kappa shape index (κ1) is 26.1. The number of pyridine rings is 1. The summed E-state index contributed by atoms with van der Waals surface area (Å²) >= 11 is 0. The Kier molecular flexibility index (Phi) is 8.07. The number of aromatic nitrogens is 3. The van der Waals surface area contributed by atoms with Crippen LogP contribution in [0.25, 0.3) is 10.9 Å². The molecule has 1 saturated heterocycles. The van der Waals surface area contributed by atoms with Gasteiger partial charge in [-0.1, -0.05) is 0 Å². The Bertz CT molecular complexity index is 1080. The van der Waals surface area contributed by atoms with Crippen LogP contribution < -0.4 is 10.1 Å². The van der Waals surface area contributed by atoms with Crippen LogP contribution in [0, 0.1) is 5.92 Å². The highest BCUT2D eigenvalue weighted by Gasteiger charge is 2.39. The van der Waals surface area contributed by atoms with E-state index in [1.165, 1.54) is 0 Å². The van der Waals surface area contributed by atoms with E-state index in [0.717, 1.165) is 68.3 Å². The zero-order valence-electron chi connectivity index (χ0n) is 22.2.